The van der Waals surface area contributed by atoms with E-state index in [-0.39, 0.29) is 23.0 Å². The molecular weight excluding hydrogens is 442 g/mol. The molecule has 2 N–H and O–H groups in total. The molecule has 162 valence electrons. The van der Waals surface area contributed by atoms with Crippen molar-refractivity contribution >= 4 is 48.1 Å². The molecule has 7 nitrogen and oxygen atoms in total. The molecule has 0 aromatic heterocycles. The summed E-state index contributed by atoms with van der Waals surface area (Å²) < 4.78 is 11.2. The van der Waals surface area contributed by atoms with Crippen LogP contribution in [0.15, 0.2) is 42.5 Å². The molecule has 1 aliphatic heterocycles. The van der Waals surface area contributed by atoms with Gasteiger partial charge in [-0.1, -0.05) is 49.2 Å². The van der Waals surface area contributed by atoms with E-state index in [0.29, 0.717) is 22.8 Å². The van der Waals surface area contributed by atoms with Crippen LogP contribution in [-0.2, 0) is 9.45 Å². The van der Waals surface area contributed by atoms with Gasteiger partial charge in [-0.05, 0) is 42.7 Å². The SMILES string of the molecule is CC(C)C[C@H](NC(=O)CNC(=O)c1cc(Cl)ccc1Cl)B1OC(=O)c2ccccc2O1. The van der Waals surface area contributed by atoms with Crippen molar-refractivity contribution in [3.63, 3.8) is 0 Å². The van der Waals surface area contributed by atoms with Crippen molar-refractivity contribution in [2.45, 2.75) is 26.2 Å². The van der Waals surface area contributed by atoms with Crippen LogP contribution in [0.4, 0.5) is 0 Å². The maximum atomic E-state index is 12.5. The van der Waals surface area contributed by atoms with Crippen LogP contribution in [0.1, 0.15) is 41.0 Å². The Balaban J connectivity index is 1.64. The highest BCUT2D eigenvalue weighted by atomic mass is 35.5. The maximum absolute atomic E-state index is 12.5. The molecule has 2 aromatic rings. The van der Waals surface area contributed by atoms with Gasteiger partial charge < -0.3 is 19.9 Å². The molecule has 0 unspecified atom stereocenters. The summed E-state index contributed by atoms with van der Waals surface area (Å²) in [6.07, 6.45) is 0.500. The normalized spacial score (nSPS) is 13.7. The van der Waals surface area contributed by atoms with Crippen LogP contribution in [-0.4, -0.2) is 37.4 Å². The third-order valence-corrected chi connectivity index (χ3v) is 5.12. The van der Waals surface area contributed by atoms with Crippen LogP contribution in [0.25, 0.3) is 0 Å². The Morgan fingerprint density at radius 2 is 1.84 bits per heavy atom. The number of nitrogens with one attached hydrogen (secondary N) is 2. The summed E-state index contributed by atoms with van der Waals surface area (Å²) in [5.74, 6) is -1.52. The van der Waals surface area contributed by atoms with Crippen LogP contribution in [0.5, 0.6) is 5.75 Å². The van der Waals surface area contributed by atoms with Gasteiger partial charge in [0.2, 0.25) is 5.91 Å². The van der Waals surface area contributed by atoms with Crippen molar-refractivity contribution in [2.24, 2.45) is 5.92 Å². The van der Waals surface area contributed by atoms with E-state index >= 15 is 0 Å². The van der Waals surface area contributed by atoms with E-state index in [1.54, 1.807) is 30.3 Å². The molecule has 0 fully saturated rings. The summed E-state index contributed by atoms with van der Waals surface area (Å²) in [5, 5.41) is 5.88. The smallest absolute Gasteiger partial charge is 0.524 e. The second-order valence-corrected chi connectivity index (χ2v) is 8.34. The zero-order valence-corrected chi connectivity index (χ0v) is 18.5. The number of rotatable bonds is 7. The Kier molecular flexibility index (Phi) is 7.46. The zero-order chi connectivity index (χ0) is 22.5. The lowest BCUT2D eigenvalue weighted by Gasteiger charge is -2.29. The van der Waals surface area contributed by atoms with E-state index in [2.05, 4.69) is 10.6 Å². The molecule has 0 radical (unpaired) electrons. The van der Waals surface area contributed by atoms with Crippen molar-refractivity contribution in [3.8, 4) is 5.75 Å². The fourth-order valence-corrected chi connectivity index (χ4v) is 3.53. The lowest BCUT2D eigenvalue weighted by Crippen LogP contribution is -2.55. The Morgan fingerprint density at radius 1 is 1.10 bits per heavy atom. The number of amides is 2. The van der Waals surface area contributed by atoms with Gasteiger partial charge in [0.05, 0.1) is 28.6 Å². The first kappa shape index (κ1) is 23.0. The van der Waals surface area contributed by atoms with Gasteiger partial charge in [-0.3, -0.25) is 9.59 Å². The van der Waals surface area contributed by atoms with Crippen LogP contribution >= 0.6 is 23.2 Å². The first-order valence-electron chi connectivity index (χ1n) is 9.74. The largest absolute Gasteiger partial charge is 0.620 e. The minimum absolute atomic E-state index is 0.168. The second-order valence-electron chi connectivity index (χ2n) is 7.50. The standard InChI is InChI=1S/C21H21BCl2N2O5/c1-12(2)9-18(22-30-17-6-4-3-5-14(17)21(29)31-22)26-19(27)11-25-20(28)15-10-13(23)7-8-16(15)24/h3-8,10,12,18H,9,11H2,1-2H3,(H,25,28)(H,26,27)/t18-/m0/s1. The molecule has 1 atom stereocenters. The van der Waals surface area contributed by atoms with E-state index < -0.39 is 30.8 Å². The molecule has 1 aliphatic rings. The number of benzene rings is 2. The van der Waals surface area contributed by atoms with Crippen molar-refractivity contribution in [3.05, 3.63) is 63.6 Å². The quantitative estimate of drug-likeness (QED) is 0.614. The third-order valence-electron chi connectivity index (χ3n) is 4.56. The average molecular weight is 463 g/mol. The van der Waals surface area contributed by atoms with Gasteiger partial charge in [-0.25, -0.2) is 4.79 Å². The first-order valence-corrected chi connectivity index (χ1v) is 10.5. The van der Waals surface area contributed by atoms with Crippen LogP contribution < -0.4 is 15.3 Å². The molecule has 0 aliphatic carbocycles. The van der Waals surface area contributed by atoms with E-state index in [1.165, 1.54) is 12.1 Å². The van der Waals surface area contributed by atoms with Crippen LogP contribution in [0.3, 0.4) is 0 Å². The summed E-state index contributed by atoms with van der Waals surface area (Å²) >= 11 is 11.9. The molecule has 0 saturated carbocycles. The van der Waals surface area contributed by atoms with Gasteiger partial charge in [0.1, 0.15) is 5.75 Å². The molecule has 0 bridgehead atoms. The zero-order valence-electron chi connectivity index (χ0n) is 17.0. The minimum Gasteiger partial charge on any atom is -0.524 e. The van der Waals surface area contributed by atoms with Crippen LogP contribution in [0, 0.1) is 5.92 Å². The fraction of sp³-hybridized carbons (Fsp3) is 0.286. The van der Waals surface area contributed by atoms with Crippen molar-refractivity contribution in [1.29, 1.82) is 0 Å². The Morgan fingerprint density at radius 3 is 2.58 bits per heavy atom. The highest BCUT2D eigenvalue weighted by molar-refractivity contribution is 6.51. The molecular formula is C21H21BCl2N2O5. The Labute approximate surface area is 190 Å². The summed E-state index contributed by atoms with van der Waals surface area (Å²) in [6, 6.07) is 11.2. The highest BCUT2D eigenvalue weighted by Crippen LogP contribution is 2.26. The van der Waals surface area contributed by atoms with Gasteiger partial charge in [-0.2, -0.15) is 0 Å². The number of hydrogen-bond acceptors (Lipinski definition) is 5. The number of hydrogen-bond donors (Lipinski definition) is 2. The van der Waals surface area contributed by atoms with Gasteiger partial charge in [0, 0.05) is 5.02 Å². The monoisotopic (exact) mass is 462 g/mol. The predicted molar refractivity (Wildman–Crippen MR) is 118 cm³/mol. The van der Waals surface area contributed by atoms with Crippen molar-refractivity contribution < 1.29 is 23.7 Å². The molecule has 31 heavy (non-hydrogen) atoms. The molecule has 0 saturated heterocycles. The molecule has 10 heteroatoms. The molecule has 1 heterocycles. The predicted octanol–water partition coefficient (Wildman–Crippen LogP) is 3.53. The summed E-state index contributed by atoms with van der Waals surface area (Å²) in [5.41, 5.74) is 0.501. The van der Waals surface area contributed by atoms with E-state index in [4.69, 9.17) is 32.5 Å². The summed E-state index contributed by atoms with van der Waals surface area (Å²) in [4.78, 5) is 37.2. The van der Waals surface area contributed by atoms with Gasteiger partial charge in [0.15, 0.2) is 0 Å². The topological polar surface area (TPSA) is 93.7 Å². The number of halogens is 2. The summed E-state index contributed by atoms with van der Waals surface area (Å²) in [7, 11) is -0.980. The molecule has 3 rings (SSSR count). The van der Waals surface area contributed by atoms with Gasteiger partial charge >= 0.3 is 13.1 Å². The lowest BCUT2D eigenvalue weighted by atomic mass is 9.72. The Hall–Kier alpha value is -2.71. The van der Waals surface area contributed by atoms with Crippen molar-refractivity contribution in [2.75, 3.05) is 6.54 Å². The highest BCUT2D eigenvalue weighted by Gasteiger charge is 2.42. The van der Waals surface area contributed by atoms with Crippen molar-refractivity contribution in [1.82, 2.24) is 10.6 Å². The Bertz CT molecular complexity index is 1000. The van der Waals surface area contributed by atoms with Gasteiger partial charge in [-0.15, -0.1) is 0 Å². The van der Waals surface area contributed by atoms with Crippen LogP contribution in [0.2, 0.25) is 10.0 Å². The number of fused-ring (bicyclic) bond motifs is 1. The van der Waals surface area contributed by atoms with E-state index in [9.17, 15) is 14.4 Å². The average Bonchev–Trinajstić information content (AvgIpc) is 2.73. The second kappa shape index (κ2) is 10.1. The summed E-state index contributed by atoms with van der Waals surface area (Å²) in [6.45, 7) is 3.65. The maximum Gasteiger partial charge on any atom is 0.620 e. The molecule has 2 aromatic carbocycles. The third kappa shape index (κ3) is 5.92. The number of carbonyl (C=O) groups is 3. The van der Waals surface area contributed by atoms with E-state index in [0.717, 1.165) is 0 Å². The minimum atomic E-state index is -0.980. The lowest BCUT2D eigenvalue weighted by molar-refractivity contribution is -0.120. The van der Waals surface area contributed by atoms with E-state index in [1.807, 2.05) is 13.8 Å². The fourth-order valence-electron chi connectivity index (χ4n) is 3.15. The van der Waals surface area contributed by atoms with Gasteiger partial charge in [0.25, 0.3) is 5.91 Å². The number of carbonyl (C=O) groups excluding carboxylic acids is 3. The molecule has 0 spiro atoms. The first-order chi connectivity index (χ1) is 14.7. The number of para-hydroxylation sites is 1. The molecule has 2 amide bonds.